The zero-order valence-corrected chi connectivity index (χ0v) is 14.0. The number of carbonyl (C=O) groups excluding carboxylic acids is 2. The summed E-state index contributed by atoms with van der Waals surface area (Å²) in [6.07, 6.45) is 0. The van der Waals surface area contributed by atoms with Crippen molar-refractivity contribution in [3.63, 3.8) is 0 Å². The number of nitrogens with zero attached hydrogens (tertiary/aromatic N) is 2. The van der Waals surface area contributed by atoms with Crippen LogP contribution in [0.3, 0.4) is 0 Å². The van der Waals surface area contributed by atoms with E-state index in [1.54, 1.807) is 24.3 Å². The number of benzene rings is 2. The summed E-state index contributed by atoms with van der Waals surface area (Å²) < 4.78 is 13.3. The second-order valence-corrected chi connectivity index (χ2v) is 5.97. The van der Waals surface area contributed by atoms with Gasteiger partial charge in [0.1, 0.15) is 11.0 Å². The number of rotatable bonds is 4. The highest BCUT2D eigenvalue weighted by Crippen LogP contribution is 2.21. The van der Waals surface area contributed by atoms with Gasteiger partial charge < -0.3 is 10.1 Å². The number of carbonyl (C=O) groups is 2. The summed E-state index contributed by atoms with van der Waals surface area (Å²) in [5.41, 5.74) is 4.25. The summed E-state index contributed by atoms with van der Waals surface area (Å²) in [6.45, 7) is 3.44. The van der Waals surface area contributed by atoms with Crippen molar-refractivity contribution < 1.29 is 14.3 Å². The van der Waals surface area contributed by atoms with Crippen molar-refractivity contribution in [2.24, 2.45) is 0 Å². The first kappa shape index (κ1) is 16.1. The lowest BCUT2D eigenvalue weighted by Gasteiger charge is -2.08. The Morgan fingerprint density at radius 3 is 2.62 bits per heavy atom. The summed E-state index contributed by atoms with van der Waals surface area (Å²) in [6, 6.07) is 10.7. The van der Waals surface area contributed by atoms with Crippen LogP contribution in [0.15, 0.2) is 36.4 Å². The molecule has 0 unspecified atom stereocenters. The SMILES string of the molecule is Cc1cc(C)cc(C(=O)OCC(=O)Nc2cccc3nsnc23)c1. The van der Waals surface area contributed by atoms with Crippen LogP contribution in [0, 0.1) is 13.8 Å². The molecule has 1 N–H and O–H groups in total. The molecule has 0 aliphatic carbocycles. The first-order valence-electron chi connectivity index (χ1n) is 7.29. The van der Waals surface area contributed by atoms with E-state index in [0.717, 1.165) is 22.9 Å². The van der Waals surface area contributed by atoms with Gasteiger partial charge in [-0.05, 0) is 38.1 Å². The smallest absolute Gasteiger partial charge is 0.338 e. The molecule has 1 aromatic heterocycles. The van der Waals surface area contributed by atoms with E-state index < -0.39 is 11.9 Å². The van der Waals surface area contributed by atoms with Crippen LogP contribution >= 0.6 is 11.7 Å². The van der Waals surface area contributed by atoms with Crippen molar-refractivity contribution in [3.05, 3.63) is 53.1 Å². The lowest BCUT2D eigenvalue weighted by molar-refractivity contribution is -0.119. The number of nitrogens with one attached hydrogen (secondary N) is 1. The van der Waals surface area contributed by atoms with Crippen LogP contribution in [0.25, 0.3) is 11.0 Å². The summed E-state index contributed by atoms with van der Waals surface area (Å²) >= 11 is 1.08. The number of aryl methyl sites for hydroxylation is 2. The van der Waals surface area contributed by atoms with Crippen LogP contribution in [0.5, 0.6) is 0 Å². The maximum atomic E-state index is 12.1. The Bertz CT molecular complexity index is 900. The topological polar surface area (TPSA) is 81.2 Å². The number of amides is 1. The zero-order valence-electron chi connectivity index (χ0n) is 13.2. The van der Waals surface area contributed by atoms with Gasteiger partial charge in [0, 0.05) is 0 Å². The lowest BCUT2D eigenvalue weighted by atomic mass is 10.1. The Morgan fingerprint density at radius 2 is 1.88 bits per heavy atom. The van der Waals surface area contributed by atoms with Crippen molar-refractivity contribution in [2.75, 3.05) is 11.9 Å². The van der Waals surface area contributed by atoms with Gasteiger partial charge in [-0.15, -0.1) is 0 Å². The monoisotopic (exact) mass is 341 g/mol. The summed E-state index contributed by atoms with van der Waals surface area (Å²) in [5, 5.41) is 2.69. The van der Waals surface area contributed by atoms with Crippen molar-refractivity contribution >= 4 is 40.3 Å². The molecule has 2 aromatic carbocycles. The fraction of sp³-hybridized carbons (Fsp3) is 0.176. The molecule has 7 heteroatoms. The van der Waals surface area contributed by atoms with Crippen molar-refractivity contribution in [3.8, 4) is 0 Å². The van der Waals surface area contributed by atoms with Gasteiger partial charge in [0.15, 0.2) is 6.61 Å². The molecule has 0 bridgehead atoms. The maximum absolute atomic E-state index is 12.1. The van der Waals surface area contributed by atoms with E-state index in [9.17, 15) is 9.59 Å². The van der Waals surface area contributed by atoms with E-state index >= 15 is 0 Å². The summed E-state index contributed by atoms with van der Waals surface area (Å²) in [5.74, 6) is -0.946. The summed E-state index contributed by atoms with van der Waals surface area (Å²) in [7, 11) is 0. The third-order valence-electron chi connectivity index (χ3n) is 3.35. The second-order valence-electron chi connectivity index (χ2n) is 5.44. The minimum Gasteiger partial charge on any atom is -0.452 e. The molecule has 0 radical (unpaired) electrons. The number of ether oxygens (including phenoxy) is 1. The van der Waals surface area contributed by atoms with Gasteiger partial charge in [-0.25, -0.2) is 4.79 Å². The van der Waals surface area contributed by atoms with E-state index in [-0.39, 0.29) is 6.61 Å². The van der Waals surface area contributed by atoms with Crippen LogP contribution < -0.4 is 5.32 Å². The maximum Gasteiger partial charge on any atom is 0.338 e. The van der Waals surface area contributed by atoms with Crippen LogP contribution in [0.1, 0.15) is 21.5 Å². The number of anilines is 1. The highest BCUT2D eigenvalue weighted by Gasteiger charge is 2.13. The Hall–Kier alpha value is -2.80. The fourth-order valence-corrected chi connectivity index (χ4v) is 2.95. The van der Waals surface area contributed by atoms with Crippen molar-refractivity contribution in [1.29, 1.82) is 0 Å². The van der Waals surface area contributed by atoms with Gasteiger partial charge in [0.25, 0.3) is 5.91 Å². The normalized spacial score (nSPS) is 10.6. The molecule has 0 spiro atoms. The van der Waals surface area contributed by atoms with Crippen molar-refractivity contribution in [2.45, 2.75) is 13.8 Å². The molecule has 0 fully saturated rings. The average Bonchev–Trinajstić information content (AvgIpc) is 3.01. The number of hydrogen-bond donors (Lipinski definition) is 1. The minimum absolute atomic E-state index is 0.361. The van der Waals surface area contributed by atoms with Crippen LogP contribution in [-0.4, -0.2) is 27.2 Å². The molecule has 24 heavy (non-hydrogen) atoms. The zero-order chi connectivity index (χ0) is 17.1. The van der Waals surface area contributed by atoms with E-state index in [0.29, 0.717) is 22.3 Å². The van der Waals surface area contributed by atoms with Crippen LogP contribution in [0.2, 0.25) is 0 Å². The van der Waals surface area contributed by atoms with E-state index in [4.69, 9.17) is 4.74 Å². The van der Waals surface area contributed by atoms with E-state index in [1.807, 2.05) is 26.0 Å². The Kier molecular flexibility index (Phi) is 4.52. The fourth-order valence-electron chi connectivity index (χ4n) is 2.40. The number of esters is 1. The number of fused-ring (bicyclic) bond motifs is 1. The van der Waals surface area contributed by atoms with Gasteiger partial charge in [-0.2, -0.15) is 8.75 Å². The second kappa shape index (κ2) is 6.76. The molecule has 0 aliphatic rings. The molecule has 6 nitrogen and oxygen atoms in total. The Morgan fingerprint density at radius 1 is 1.12 bits per heavy atom. The first-order valence-corrected chi connectivity index (χ1v) is 8.02. The lowest BCUT2D eigenvalue weighted by Crippen LogP contribution is -2.21. The molecular formula is C17H15N3O3S. The third kappa shape index (κ3) is 3.57. The quantitative estimate of drug-likeness (QED) is 0.738. The molecule has 0 atom stereocenters. The van der Waals surface area contributed by atoms with Gasteiger partial charge in [-0.1, -0.05) is 23.3 Å². The Balaban J connectivity index is 1.63. The number of aromatic nitrogens is 2. The third-order valence-corrected chi connectivity index (χ3v) is 3.89. The predicted octanol–water partition coefficient (Wildman–Crippen LogP) is 3.10. The van der Waals surface area contributed by atoms with Crippen LogP contribution in [-0.2, 0) is 9.53 Å². The molecule has 3 aromatic rings. The minimum atomic E-state index is -0.523. The standard InChI is InChI=1S/C17H15N3O3S/c1-10-6-11(2)8-12(7-10)17(22)23-9-15(21)18-13-4-3-5-14-16(13)20-24-19-14/h3-8H,9H2,1-2H3,(H,18,21). The molecule has 122 valence electrons. The highest BCUT2D eigenvalue weighted by molar-refractivity contribution is 7.00. The molecule has 1 amide bonds. The van der Waals surface area contributed by atoms with Gasteiger partial charge >= 0.3 is 5.97 Å². The molecule has 0 saturated carbocycles. The molecular weight excluding hydrogens is 326 g/mol. The molecule has 1 heterocycles. The van der Waals surface area contributed by atoms with Crippen molar-refractivity contribution in [1.82, 2.24) is 8.75 Å². The average molecular weight is 341 g/mol. The van der Waals surface area contributed by atoms with E-state index in [1.165, 1.54) is 0 Å². The molecule has 0 aliphatic heterocycles. The van der Waals surface area contributed by atoms with Gasteiger partial charge in [0.05, 0.1) is 23.0 Å². The summed E-state index contributed by atoms with van der Waals surface area (Å²) in [4.78, 5) is 24.1. The predicted molar refractivity (Wildman–Crippen MR) is 92.2 cm³/mol. The Labute approximate surface area is 142 Å². The van der Waals surface area contributed by atoms with E-state index in [2.05, 4.69) is 14.1 Å². The van der Waals surface area contributed by atoms with Gasteiger partial charge in [0.2, 0.25) is 0 Å². The highest BCUT2D eigenvalue weighted by atomic mass is 32.1. The largest absolute Gasteiger partial charge is 0.452 e. The first-order chi connectivity index (χ1) is 11.5. The molecule has 3 rings (SSSR count). The molecule has 0 saturated heterocycles. The van der Waals surface area contributed by atoms with Gasteiger partial charge in [-0.3, -0.25) is 4.79 Å². The number of hydrogen-bond acceptors (Lipinski definition) is 6. The van der Waals surface area contributed by atoms with Crippen LogP contribution in [0.4, 0.5) is 5.69 Å².